The Balaban J connectivity index is 1.38. The van der Waals surface area contributed by atoms with Crippen molar-refractivity contribution in [2.45, 2.75) is 44.7 Å². The molecule has 0 aliphatic heterocycles. The van der Waals surface area contributed by atoms with Crippen LogP contribution in [0.25, 0.3) is 11.0 Å². The number of benzene rings is 1. The number of halogens is 1. The maximum absolute atomic E-state index is 12.6. The minimum Gasteiger partial charge on any atom is -0.480 e. The molecule has 1 aromatic carbocycles. The third-order valence-corrected chi connectivity index (χ3v) is 5.91. The van der Waals surface area contributed by atoms with Crippen LogP contribution in [0.2, 0.25) is 5.02 Å². The Bertz CT molecular complexity index is 883. The van der Waals surface area contributed by atoms with Gasteiger partial charge < -0.3 is 14.8 Å². The van der Waals surface area contributed by atoms with E-state index < -0.39 is 5.97 Å². The Morgan fingerprint density at radius 3 is 2.70 bits per heavy atom. The quantitative estimate of drug-likeness (QED) is 0.756. The highest BCUT2D eigenvalue weighted by atomic mass is 35.5. The zero-order chi connectivity index (χ0) is 19.1. The van der Waals surface area contributed by atoms with Crippen molar-refractivity contribution in [1.82, 2.24) is 10.2 Å². The van der Waals surface area contributed by atoms with Gasteiger partial charge in [0.05, 0.1) is 11.6 Å². The minimum absolute atomic E-state index is 0.0427. The first-order valence-electron chi connectivity index (χ1n) is 9.36. The van der Waals surface area contributed by atoms with Gasteiger partial charge in [-0.3, -0.25) is 14.5 Å². The number of carbonyl (C=O) groups is 2. The molecule has 27 heavy (non-hydrogen) atoms. The van der Waals surface area contributed by atoms with Crippen molar-refractivity contribution in [3.8, 4) is 0 Å². The summed E-state index contributed by atoms with van der Waals surface area (Å²) in [5.74, 6) is -0.101. The molecule has 0 spiro atoms. The van der Waals surface area contributed by atoms with Gasteiger partial charge in [0, 0.05) is 29.6 Å². The monoisotopic (exact) mass is 390 g/mol. The van der Waals surface area contributed by atoms with E-state index in [0.29, 0.717) is 22.3 Å². The van der Waals surface area contributed by atoms with Crippen molar-refractivity contribution in [3.63, 3.8) is 0 Å². The maximum atomic E-state index is 12.6. The van der Waals surface area contributed by atoms with Gasteiger partial charge in [-0.1, -0.05) is 23.7 Å². The average Bonchev–Trinajstić information content (AvgIpc) is 3.32. The van der Waals surface area contributed by atoms with Crippen molar-refractivity contribution in [2.75, 3.05) is 13.1 Å². The number of aryl methyl sites for hydroxylation is 1. The number of rotatable bonds is 7. The van der Waals surface area contributed by atoms with Gasteiger partial charge in [-0.2, -0.15) is 0 Å². The second kappa shape index (κ2) is 7.17. The van der Waals surface area contributed by atoms with E-state index in [0.717, 1.165) is 30.3 Å². The lowest BCUT2D eigenvalue weighted by atomic mass is 9.85. The summed E-state index contributed by atoms with van der Waals surface area (Å²) in [6, 6.07) is 5.72. The minimum atomic E-state index is -0.794. The topological polar surface area (TPSA) is 82.8 Å². The van der Waals surface area contributed by atoms with Gasteiger partial charge in [-0.05, 0) is 44.6 Å². The first kappa shape index (κ1) is 18.3. The highest BCUT2D eigenvalue weighted by Gasteiger charge is 2.38. The fourth-order valence-corrected chi connectivity index (χ4v) is 4.04. The molecule has 2 fully saturated rings. The van der Waals surface area contributed by atoms with Gasteiger partial charge >= 0.3 is 5.97 Å². The van der Waals surface area contributed by atoms with Crippen LogP contribution in [-0.2, 0) is 4.79 Å². The number of carboxylic acids is 1. The van der Waals surface area contributed by atoms with Crippen LogP contribution in [0.5, 0.6) is 0 Å². The van der Waals surface area contributed by atoms with E-state index in [1.165, 1.54) is 12.8 Å². The molecule has 144 valence electrons. The number of carbonyl (C=O) groups excluding carboxylic acids is 1. The molecule has 0 unspecified atom stereocenters. The Morgan fingerprint density at radius 1 is 1.33 bits per heavy atom. The number of aliphatic carboxylic acids is 1. The molecule has 0 radical (unpaired) electrons. The summed E-state index contributed by atoms with van der Waals surface area (Å²) in [6.45, 7) is 2.77. The number of hydrogen-bond donors (Lipinski definition) is 2. The molecule has 1 amide bonds. The predicted octanol–water partition coefficient (Wildman–Crippen LogP) is 3.45. The molecule has 0 bridgehead atoms. The second-order valence-electron chi connectivity index (χ2n) is 7.73. The molecular formula is C20H23ClN2O4. The van der Waals surface area contributed by atoms with E-state index in [1.807, 2.05) is 19.1 Å². The highest BCUT2D eigenvalue weighted by Crippen LogP contribution is 2.34. The molecule has 4 rings (SSSR count). The second-order valence-corrected chi connectivity index (χ2v) is 8.14. The molecule has 7 heteroatoms. The largest absolute Gasteiger partial charge is 0.480 e. The Kier molecular flexibility index (Phi) is 4.86. The summed E-state index contributed by atoms with van der Waals surface area (Å²) in [5.41, 5.74) is 1.31. The van der Waals surface area contributed by atoms with Crippen molar-refractivity contribution < 1.29 is 19.1 Å². The van der Waals surface area contributed by atoms with Crippen LogP contribution in [0.3, 0.4) is 0 Å². The zero-order valence-electron chi connectivity index (χ0n) is 15.2. The van der Waals surface area contributed by atoms with Crippen LogP contribution in [-0.4, -0.2) is 47.1 Å². The summed E-state index contributed by atoms with van der Waals surface area (Å²) < 4.78 is 5.72. The summed E-state index contributed by atoms with van der Waals surface area (Å²) in [6.07, 6.45) is 3.92. The number of carboxylic acid groups (broad SMARTS) is 1. The number of nitrogens with one attached hydrogen (secondary N) is 1. The Hall–Kier alpha value is -2.05. The first-order valence-corrected chi connectivity index (χ1v) is 9.74. The van der Waals surface area contributed by atoms with E-state index in [4.69, 9.17) is 21.1 Å². The molecule has 1 heterocycles. The van der Waals surface area contributed by atoms with Crippen molar-refractivity contribution in [2.24, 2.45) is 5.92 Å². The third-order valence-electron chi connectivity index (χ3n) is 5.61. The number of furan rings is 1. The lowest BCUT2D eigenvalue weighted by Crippen LogP contribution is -2.55. The fourth-order valence-electron chi connectivity index (χ4n) is 3.83. The molecular weight excluding hydrogens is 368 g/mol. The van der Waals surface area contributed by atoms with Crippen molar-refractivity contribution in [3.05, 3.63) is 34.5 Å². The van der Waals surface area contributed by atoms with E-state index in [1.54, 1.807) is 6.07 Å². The number of para-hydroxylation sites is 1. The molecule has 6 nitrogen and oxygen atoms in total. The van der Waals surface area contributed by atoms with Crippen LogP contribution in [0.15, 0.2) is 22.6 Å². The summed E-state index contributed by atoms with van der Waals surface area (Å²) >= 11 is 6.15. The van der Waals surface area contributed by atoms with E-state index in [9.17, 15) is 9.59 Å². The Morgan fingerprint density at radius 2 is 2.07 bits per heavy atom. The molecule has 2 aromatic rings. The molecule has 0 saturated heterocycles. The van der Waals surface area contributed by atoms with Crippen LogP contribution < -0.4 is 5.32 Å². The van der Waals surface area contributed by atoms with E-state index in [2.05, 4.69) is 10.2 Å². The molecule has 0 atom stereocenters. The number of hydrogen-bond acceptors (Lipinski definition) is 4. The normalized spacial score (nSPS) is 22.0. The van der Waals surface area contributed by atoms with Gasteiger partial charge in [-0.15, -0.1) is 0 Å². The standard InChI is InChI=1S/C20H23ClN2O4/c1-11-15-3-2-4-16(21)19(15)27-18(11)20(26)22-13-7-14(8-13)23(10-17(24)25)9-12-5-6-12/h2-4,12-14H,5-10H2,1H3,(H,22,26)(H,24,25). The smallest absolute Gasteiger partial charge is 0.317 e. The molecule has 2 aliphatic carbocycles. The van der Waals surface area contributed by atoms with Crippen LogP contribution in [0.4, 0.5) is 0 Å². The lowest BCUT2D eigenvalue weighted by molar-refractivity contribution is -0.139. The Labute approximate surface area is 162 Å². The van der Waals surface area contributed by atoms with Gasteiger partial charge in [0.15, 0.2) is 11.3 Å². The number of fused-ring (bicyclic) bond motifs is 1. The zero-order valence-corrected chi connectivity index (χ0v) is 16.0. The molecule has 2 N–H and O–H groups in total. The van der Waals surface area contributed by atoms with Gasteiger partial charge in [-0.25, -0.2) is 0 Å². The lowest BCUT2D eigenvalue weighted by Gasteiger charge is -2.42. The number of amides is 1. The van der Waals surface area contributed by atoms with Gasteiger partial charge in [0.2, 0.25) is 0 Å². The average molecular weight is 391 g/mol. The predicted molar refractivity (Wildman–Crippen MR) is 102 cm³/mol. The van der Waals surface area contributed by atoms with E-state index in [-0.39, 0.29) is 24.5 Å². The van der Waals surface area contributed by atoms with Crippen molar-refractivity contribution >= 4 is 34.4 Å². The van der Waals surface area contributed by atoms with Gasteiger partial charge in [0.1, 0.15) is 0 Å². The fraction of sp³-hybridized carbons (Fsp3) is 0.500. The number of nitrogens with zero attached hydrogens (tertiary/aromatic N) is 1. The van der Waals surface area contributed by atoms with Crippen molar-refractivity contribution in [1.29, 1.82) is 0 Å². The van der Waals surface area contributed by atoms with Crippen LogP contribution in [0, 0.1) is 12.8 Å². The molecule has 1 aromatic heterocycles. The van der Waals surface area contributed by atoms with Crippen LogP contribution >= 0.6 is 11.6 Å². The molecule has 2 aliphatic rings. The third kappa shape index (κ3) is 3.82. The summed E-state index contributed by atoms with van der Waals surface area (Å²) in [5, 5.41) is 13.5. The summed E-state index contributed by atoms with van der Waals surface area (Å²) in [4.78, 5) is 25.8. The summed E-state index contributed by atoms with van der Waals surface area (Å²) in [7, 11) is 0. The van der Waals surface area contributed by atoms with Gasteiger partial charge in [0.25, 0.3) is 5.91 Å². The SMILES string of the molecule is Cc1c(C(=O)NC2CC(N(CC(=O)O)CC3CC3)C2)oc2c(Cl)cccc12. The highest BCUT2D eigenvalue weighted by molar-refractivity contribution is 6.35. The maximum Gasteiger partial charge on any atom is 0.317 e. The van der Waals surface area contributed by atoms with E-state index >= 15 is 0 Å². The van der Waals surface area contributed by atoms with Crippen LogP contribution in [0.1, 0.15) is 41.8 Å². The first-order chi connectivity index (χ1) is 12.9. The molecule has 2 saturated carbocycles.